The first-order valence-corrected chi connectivity index (χ1v) is 5.61. The van der Waals surface area contributed by atoms with E-state index < -0.39 is 0 Å². The molecule has 2 heterocycles. The molecule has 2 aromatic rings. The first-order chi connectivity index (χ1) is 8.18. The third kappa shape index (κ3) is 2.56. The Morgan fingerprint density at radius 1 is 1.06 bits per heavy atom. The quantitative estimate of drug-likeness (QED) is 0.755. The molecule has 0 aliphatic heterocycles. The summed E-state index contributed by atoms with van der Waals surface area (Å²) in [5.74, 6) is 0.0178. The van der Waals surface area contributed by atoms with Crippen molar-refractivity contribution >= 4 is 5.78 Å². The summed E-state index contributed by atoms with van der Waals surface area (Å²) in [7, 11) is 0. The molecule has 0 radical (unpaired) electrons. The summed E-state index contributed by atoms with van der Waals surface area (Å²) in [6.07, 6.45) is 1.72. The van der Waals surface area contributed by atoms with Crippen molar-refractivity contribution in [3.63, 3.8) is 0 Å². The maximum atomic E-state index is 11.8. The van der Waals surface area contributed by atoms with Crippen LogP contribution in [-0.4, -0.2) is 15.8 Å². The molecule has 3 heteroatoms. The lowest BCUT2D eigenvalue weighted by atomic mass is 10.1. The largest absolute Gasteiger partial charge is 0.292 e. The highest BCUT2D eigenvalue weighted by Gasteiger charge is 2.12. The van der Waals surface area contributed by atoms with E-state index in [2.05, 4.69) is 9.97 Å². The average molecular weight is 226 g/mol. The molecule has 0 spiro atoms. The zero-order valence-electron chi connectivity index (χ0n) is 9.92. The van der Waals surface area contributed by atoms with Crippen LogP contribution >= 0.6 is 0 Å². The summed E-state index contributed by atoms with van der Waals surface area (Å²) in [5, 5.41) is 0. The van der Waals surface area contributed by atoms with Crippen LogP contribution in [0.4, 0.5) is 0 Å². The van der Waals surface area contributed by atoms with Crippen LogP contribution in [0.25, 0.3) is 11.4 Å². The molecular formula is C14H14N2O. The van der Waals surface area contributed by atoms with Crippen LogP contribution in [0.2, 0.25) is 0 Å². The number of carbonyl (C=O) groups excluding carboxylic acids is 1. The van der Waals surface area contributed by atoms with Crippen molar-refractivity contribution < 1.29 is 4.79 Å². The molecule has 2 rings (SSSR count). The molecule has 0 atom stereocenters. The van der Waals surface area contributed by atoms with E-state index in [1.807, 2.05) is 44.2 Å². The third-order valence-electron chi connectivity index (χ3n) is 2.45. The molecule has 0 saturated heterocycles. The minimum absolute atomic E-state index is 0.0403. The minimum atomic E-state index is -0.0403. The Balaban J connectivity index is 2.39. The van der Waals surface area contributed by atoms with Crippen LogP contribution in [0.3, 0.4) is 0 Å². The predicted molar refractivity (Wildman–Crippen MR) is 66.6 cm³/mol. The number of carbonyl (C=O) groups is 1. The molecule has 0 aliphatic rings. The summed E-state index contributed by atoms with van der Waals surface area (Å²) < 4.78 is 0. The van der Waals surface area contributed by atoms with Crippen LogP contribution in [0, 0.1) is 5.92 Å². The molecule has 0 saturated carbocycles. The van der Waals surface area contributed by atoms with E-state index in [1.54, 1.807) is 12.3 Å². The highest BCUT2D eigenvalue weighted by Crippen LogP contribution is 2.15. The zero-order chi connectivity index (χ0) is 12.3. The van der Waals surface area contributed by atoms with Crippen LogP contribution in [0.5, 0.6) is 0 Å². The number of rotatable bonds is 3. The van der Waals surface area contributed by atoms with Gasteiger partial charge in [-0.05, 0) is 24.3 Å². The van der Waals surface area contributed by atoms with E-state index in [9.17, 15) is 4.79 Å². The Labute approximate surface area is 101 Å². The molecule has 0 fully saturated rings. The van der Waals surface area contributed by atoms with Gasteiger partial charge in [-0.2, -0.15) is 0 Å². The SMILES string of the molecule is CC(C)C(=O)c1cccc(-c2ccccn2)n1. The van der Waals surface area contributed by atoms with Crippen LogP contribution in [0.15, 0.2) is 42.6 Å². The van der Waals surface area contributed by atoms with Gasteiger partial charge in [-0.25, -0.2) is 4.98 Å². The highest BCUT2D eigenvalue weighted by molar-refractivity contribution is 5.96. The fourth-order valence-electron chi connectivity index (χ4n) is 1.52. The van der Waals surface area contributed by atoms with Gasteiger partial charge >= 0.3 is 0 Å². The van der Waals surface area contributed by atoms with Gasteiger partial charge < -0.3 is 0 Å². The van der Waals surface area contributed by atoms with E-state index in [-0.39, 0.29) is 11.7 Å². The van der Waals surface area contributed by atoms with Crippen LogP contribution in [0.1, 0.15) is 24.3 Å². The molecule has 3 nitrogen and oxygen atoms in total. The van der Waals surface area contributed by atoms with Crippen molar-refractivity contribution in [1.29, 1.82) is 0 Å². The highest BCUT2D eigenvalue weighted by atomic mass is 16.1. The lowest BCUT2D eigenvalue weighted by molar-refractivity contribution is 0.0934. The van der Waals surface area contributed by atoms with Crippen molar-refractivity contribution in [2.45, 2.75) is 13.8 Å². The normalized spacial score (nSPS) is 10.5. The number of pyridine rings is 2. The lowest BCUT2D eigenvalue weighted by Crippen LogP contribution is -2.09. The maximum Gasteiger partial charge on any atom is 0.183 e. The molecule has 0 bridgehead atoms. The molecule has 2 aromatic heterocycles. The Morgan fingerprint density at radius 2 is 1.82 bits per heavy atom. The lowest BCUT2D eigenvalue weighted by Gasteiger charge is -2.05. The van der Waals surface area contributed by atoms with Crippen LogP contribution in [-0.2, 0) is 0 Å². The first-order valence-electron chi connectivity index (χ1n) is 5.61. The van der Waals surface area contributed by atoms with E-state index in [0.29, 0.717) is 5.69 Å². The Morgan fingerprint density at radius 3 is 2.47 bits per heavy atom. The monoisotopic (exact) mass is 226 g/mol. The second-order valence-electron chi connectivity index (χ2n) is 4.14. The van der Waals surface area contributed by atoms with Gasteiger partial charge in [0, 0.05) is 12.1 Å². The fourth-order valence-corrected chi connectivity index (χ4v) is 1.52. The van der Waals surface area contributed by atoms with Gasteiger partial charge in [0.05, 0.1) is 11.4 Å². The van der Waals surface area contributed by atoms with Crippen molar-refractivity contribution in [2.24, 2.45) is 5.92 Å². The Hall–Kier alpha value is -2.03. The summed E-state index contributed by atoms with van der Waals surface area (Å²) in [5.41, 5.74) is 2.02. The number of Topliss-reactive ketones (excluding diaryl/α,β-unsaturated/α-hetero) is 1. The third-order valence-corrected chi connectivity index (χ3v) is 2.45. The number of hydrogen-bond acceptors (Lipinski definition) is 3. The van der Waals surface area contributed by atoms with Gasteiger partial charge in [-0.15, -0.1) is 0 Å². The molecule has 0 N–H and O–H groups in total. The predicted octanol–water partition coefficient (Wildman–Crippen LogP) is 2.98. The van der Waals surface area contributed by atoms with E-state index in [4.69, 9.17) is 0 Å². The van der Waals surface area contributed by atoms with Gasteiger partial charge in [0.15, 0.2) is 5.78 Å². The smallest absolute Gasteiger partial charge is 0.183 e. The topological polar surface area (TPSA) is 42.9 Å². The van der Waals surface area contributed by atoms with Gasteiger partial charge in [0.1, 0.15) is 5.69 Å². The molecule has 0 amide bonds. The van der Waals surface area contributed by atoms with Crippen molar-refractivity contribution in [3.8, 4) is 11.4 Å². The number of aromatic nitrogens is 2. The number of ketones is 1. The second-order valence-corrected chi connectivity index (χ2v) is 4.14. The van der Waals surface area contributed by atoms with E-state index in [1.165, 1.54) is 0 Å². The molecule has 0 aromatic carbocycles. The summed E-state index contributed by atoms with van der Waals surface area (Å²) in [4.78, 5) is 20.4. The van der Waals surface area contributed by atoms with Crippen molar-refractivity contribution in [3.05, 3.63) is 48.3 Å². The minimum Gasteiger partial charge on any atom is -0.292 e. The summed E-state index contributed by atoms with van der Waals surface area (Å²) in [6.45, 7) is 3.74. The standard InChI is InChI=1S/C14H14N2O/c1-10(2)14(17)13-8-5-7-12(16-13)11-6-3-4-9-15-11/h3-10H,1-2H3. The fraction of sp³-hybridized carbons (Fsp3) is 0.214. The van der Waals surface area contributed by atoms with Crippen LogP contribution < -0.4 is 0 Å². The van der Waals surface area contributed by atoms with Crippen molar-refractivity contribution in [1.82, 2.24) is 9.97 Å². The molecule has 0 unspecified atom stereocenters. The average Bonchev–Trinajstić information content (AvgIpc) is 2.39. The molecule has 17 heavy (non-hydrogen) atoms. The van der Waals surface area contributed by atoms with Gasteiger partial charge in [-0.1, -0.05) is 26.0 Å². The molecule has 0 aliphatic carbocycles. The van der Waals surface area contributed by atoms with E-state index >= 15 is 0 Å². The summed E-state index contributed by atoms with van der Waals surface area (Å²) >= 11 is 0. The molecule has 86 valence electrons. The first kappa shape index (κ1) is 11.5. The van der Waals surface area contributed by atoms with Gasteiger partial charge in [-0.3, -0.25) is 9.78 Å². The van der Waals surface area contributed by atoms with Crippen molar-refractivity contribution in [2.75, 3.05) is 0 Å². The summed E-state index contributed by atoms with van der Waals surface area (Å²) in [6, 6.07) is 11.1. The maximum absolute atomic E-state index is 11.8. The molecular weight excluding hydrogens is 212 g/mol. The van der Waals surface area contributed by atoms with Gasteiger partial charge in [0.2, 0.25) is 0 Å². The Bertz CT molecular complexity index is 521. The number of hydrogen-bond donors (Lipinski definition) is 0. The second kappa shape index (κ2) is 4.87. The van der Waals surface area contributed by atoms with E-state index in [0.717, 1.165) is 11.4 Å². The van der Waals surface area contributed by atoms with Gasteiger partial charge in [0.25, 0.3) is 0 Å². The zero-order valence-corrected chi connectivity index (χ0v) is 9.92. The Kier molecular flexibility index (Phi) is 3.28. The number of nitrogens with zero attached hydrogens (tertiary/aromatic N) is 2.